The number of carbonyl (C=O) groups is 2. The van der Waals surface area contributed by atoms with Crippen molar-refractivity contribution in [2.75, 3.05) is 6.54 Å². The van der Waals surface area contributed by atoms with E-state index in [1.165, 1.54) is 4.90 Å². The number of hydrogen-bond acceptors (Lipinski definition) is 4. The summed E-state index contributed by atoms with van der Waals surface area (Å²) in [5, 5.41) is 8.84. The number of aromatic nitrogens is 2. The third-order valence-corrected chi connectivity index (χ3v) is 3.03. The fraction of sp³-hybridized carbons (Fsp3) is 0.538. The Labute approximate surface area is 116 Å². The first-order valence-corrected chi connectivity index (χ1v) is 6.30. The monoisotopic (exact) mass is 281 g/mol. The molecule has 7 heteroatoms. The normalized spacial score (nSPS) is 10.7. The van der Waals surface area contributed by atoms with Crippen molar-refractivity contribution in [1.82, 2.24) is 14.9 Å². The number of carbonyl (C=O) groups excluding carboxylic acids is 1. The van der Waals surface area contributed by atoms with E-state index in [0.29, 0.717) is 17.0 Å². The van der Waals surface area contributed by atoms with Crippen molar-refractivity contribution in [2.24, 2.45) is 0 Å². The molecule has 0 aliphatic heterocycles. The molecule has 2 N–H and O–H groups in total. The molecule has 0 aromatic carbocycles. The van der Waals surface area contributed by atoms with Gasteiger partial charge in [-0.15, -0.1) is 0 Å². The largest absolute Gasteiger partial charge is 0.480 e. The summed E-state index contributed by atoms with van der Waals surface area (Å²) in [7, 11) is 0. The van der Waals surface area contributed by atoms with E-state index in [2.05, 4.69) is 9.97 Å². The van der Waals surface area contributed by atoms with Crippen LogP contribution in [0.25, 0.3) is 0 Å². The molecule has 0 fully saturated rings. The van der Waals surface area contributed by atoms with Crippen molar-refractivity contribution in [3.63, 3.8) is 0 Å². The zero-order valence-electron chi connectivity index (χ0n) is 12.1. The topological polar surface area (TPSA) is 103 Å². The summed E-state index contributed by atoms with van der Waals surface area (Å²) in [6, 6.07) is -0.213. The van der Waals surface area contributed by atoms with Crippen LogP contribution in [0, 0.1) is 13.8 Å². The zero-order valence-corrected chi connectivity index (χ0v) is 12.1. The zero-order chi connectivity index (χ0) is 15.4. The summed E-state index contributed by atoms with van der Waals surface area (Å²) >= 11 is 0. The molecule has 1 aromatic rings. The van der Waals surface area contributed by atoms with Crippen LogP contribution >= 0.6 is 0 Å². The third kappa shape index (κ3) is 3.91. The van der Waals surface area contributed by atoms with Gasteiger partial charge in [-0.25, -0.2) is 4.79 Å². The number of rotatable bonds is 5. The van der Waals surface area contributed by atoms with Gasteiger partial charge in [0, 0.05) is 23.0 Å². The number of H-pyrrole nitrogens is 1. The van der Waals surface area contributed by atoms with Crippen LogP contribution in [0.1, 0.15) is 30.8 Å². The van der Waals surface area contributed by atoms with Crippen molar-refractivity contribution in [2.45, 2.75) is 40.2 Å². The molecule has 1 aromatic heterocycles. The van der Waals surface area contributed by atoms with Gasteiger partial charge in [-0.3, -0.25) is 9.59 Å². The van der Waals surface area contributed by atoms with Crippen LogP contribution in [0.2, 0.25) is 0 Å². The maximum atomic E-state index is 12.2. The highest BCUT2D eigenvalue weighted by molar-refractivity contribution is 5.83. The molecule has 0 radical (unpaired) electrons. The minimum atomic E-state index is -1.06. The summed E-state index contributed by atoms with van der Waals surface area (Å²) < 4.78 is 0. The van der Waals surface area contributed by atoms with Crippen molar-refractivity contribution in [3.8, 4) is 0 Å². The third-order valence-electron chi connectivity index (χ3n) is 3.03. The fourth-order valence-corrected chi connectivity index (χ4v) is 1.97. The first kappa shape index (κ1) is 15.9. The van der Waals surface area contributed by atoms with Gasteiger partial charge in [0.05, 0.1) is 6.42 Å². The summed E-state index contributed by atoms with van der Waals surface area (Å²) in [4.78, 5) is 41.8. The van der Waals surface area contributed by atoms with Gasteiger partial charge in [0.15, 0.2) is 0 Å². The Kier molecular flexibility index (Phi) is 5.01. The summed E-state index contributed by atoms with van der Waals surface area (Å²) in [5.41, 5.74) is 1.24. The number of aromatic amines is 1. The number of aryl methyl sites for hydroxylation is 2. The van der Waals surface area contributed by atoms with Crippen LogP contribution in [0.5, 0.6) is 0 Å². The SMILES string of the molecule is Cc1nc(=O)[nH]c(C)c1CC(=O)N(CC(=O)O)C(C)C. The van der Waals surface area contributed by atoms with Gasteiger partial charge in [0.2, 0.25) is 5.91 Å². The molecule has 0 atom stereocenters. The smallest absolute Gasteiger partial charge is 0.345 e. The number of nitrogens with zero attached hydrogens (tertiary/aromatic N) is 2. The lowest BCUT2D eigenvalue weighted by molar-refractivity contribution is -0.145. The van der Waals surface area contributed by atoms with Crippen LogP contribution in [0.15, 0.2) is 4.79 Å². The van der Waals surface area contributed by atoms with E-state index >= 15 is 0 Å². The number of nitrogens with one attached hydrogen (secondary N) is 1. The first-order valence-electron chi connectivity index (χ1n) is 6.30. The van der Waals surface area contributed by atoms with E-state index in [1.54, 1.807) is 27.7 Å². The van der Waals surface area contributed by atoms with Crippen molar-refractivity contribution in [3.05, 3.63) is 27.4 Å². The molecule has 0 saturated carbocycles. The van der Waals surface area contributed by atoms with Crippen molar-refractivity contribution in [1.29, 1.82) is 0 Å². The molecule has 0 bridgehead atoms. The molecule has 1 rings (SSSR count). The van der Waals surface area contributed by atoms with Gasteiger partial charge >= 0.3 is 11.7 Å². The quantitative estimate of drug-likeness (QED) is 0.805. The summed E-state index contributed by atoms with van der Waals surface area (Å²) in [6.07, 6.45) is 0.0207. The predicted molar refractivity (Wildman–Crippen MR) is 72.5 cm³/mol. The Balaban J connectivity index is 2.99. The maximum absolute atomic E-state index is 12.2. The van der Waals surface area contributed by atoms with Gasteiger partial charge < -0.3 is 15.0 Å². The molecule has 1 amide bonds. The van der Waals surface area contributed by atoms with Crippen LogP contribution in [-0.2, 0) is 16.0 Å². The molecular formula is C13H19N3O4. The second-order valence-corrected chi connectivity index (χ2v) is 4.92. The predicted octanol–water partition coefficient (Wildman–Crippen LogP) is 0.251. The van der Waals surface area contributed by atoms with E-state index in [0.717, 1.165) is 0 Å². The second-order valence-electron chi connectivity index (χ2n) is 4.92. The standard InChI is InChI=1S/C13H19N3O4/c1-7(2)16(6-12(18)19)11(17)5-10-8(3)14-13(20)15-9(10)4/h7H,5-6H2,1-4H3,(H,18,19)(H,14,15,20). The summed E-state index contributed by atoms with van der Waals surface area (Å²) in [5.74, 6) is -1.36. The molecule has 0 aliphatic rings. The average Bonchev–Trinajstić information content (AvgIpc) is 2.29. The molecular weight excluding hydrogens is 262 g/mol. The number of amides is 1. The van der Waals surface area contributed by atoms with Crippen LogP contribution in [0.4, 0.5) is 0 Å². The Hall–Kier alpha value is -2.18. The van der Waals surface area contributed by atoms with Crippen LogP contribution < -0.4 is 5.69 Å². The van der Waals surface area contributed by atoms with Crippen LogP contribution in [0.3, 0.4) is 0 Å². The first-order chi connectivity index (χ1) is 9.22. The molecule has 7 nitrogen and oxygen atoms in total. The number of hydrogen-bond donors (Lipinski definition) is 2. The minimum absolute atomic E-state index is 0.0207. The van der Waals surface area contributed by atoms with Gasteiger partial charge in [0.25, 0.3) is 0 Å². The van der Waals surface area contributed by atoms with Crippen molar-refractivity contribution >= 4 is 11.9 Å². The molecule has 1 heterocycles. The average molecular weight is 281 g/mol. The molecule has 0 spiro atoms. The molecule has 0 aliphatic carbocycles. The Morgan fingerprint density at radius 1 is 1.35 bits per heavy atom. The van der Waals surface area contributed by atoms with Gasteiger partial charge in [0.1, 0.15) is 6.54 Å². The van der Waals surface area contributed by atoms with Gasteiger partial charge in [-0.05, 0) is 27.7 Å². The molecule has 20 heavy (non-hydrogen) atoms. The Bertz CT molecular complexity index is 551. The van der Waals surface area contributed by atoms with Crippen LogP contribution in [-0.4, -0.2) is 44.4 Å². The Morgan fingerprint density at radius 2 is 1.95 bits per heavy atom. The van der Waals surface area contributed by atoms with Gasteiger partial charge in [-0.1, -0.05) is 0 Å². The number of carboxylic acid groups (broad SMARTS) is 1. The van der Waals surface area contributed by atoms with E-state index in [9.17, 15) is 14.4 Å². The van der Waals surface area contributed by atoms with E-state index in [4.69, 9.17) is 5.11 Å². The number of aliphatic carboxylic acids is 1. The lowest BCUT2D eigenvalue weighted by atomic mass is 10.1. The molecule has 0 saturated heterocycles. The summed E-state index contributed by atoms with van der Waals surface area (Å²) in [6.45, 7) is 6.51. The lowest BCUT2D eigenvalue weighted by Gasteiger charge is -2.25. The Morgan fingerprint density at radius 3 is 2.40 bits per heavy atom. The van der Waals surface area contributed by atoms with E-state index < -0.39 is 11.7 Å². The fourth-order valence-electron chi connectivity index (χ4n) is 1.97. The highest BCUT2D eigenvalue weighted by Crippen LogP contribution is 2.11. The highest BCUT2D eigenvalue weighted by Gasteiger charge is 2.21. The molecule has 0 unspecified atom stereocenters. The number of carboxylic acids is 1. The molecule has 110 valence electrons. The maximum Gasteiger partial charge on any atom is 0.345 e. The lowest BCUT2D eigenvalue weighted by Crippen LogP contribution is -2.41. The van der Waals surface area contributed by atoms with E-state index in [1.807, 2.05) is 0 Å². The minimum Gasteiger partial charge on any atom is -0.480 e. The van der Waals surface area contributed by atoms with E-state index in [-0.39, 0.29) is 24.9 Å². The van der Waals surface area contributed by atoms with Crippen molar-refractivity contribution < 1.29 is 14.7 Å². The van der Waals surface area contributed by atoms with Gasteiger partial charge in [-0.2, -0.15) is 4.98 Å². The second kappa shape index (κ2) is 6.31. The highest BCUT2D eigenvalue weighted by atomic mass is 16.4.